The van der Waals surface area contributed by atoms with Gasteiger partial charge >= 0.3 is 0 Å². The van der Waals surface area contributed by atoms with Crippen LogP contribution in [0, 0.1) is 0 Å². The van der Waals surface area contributed by atoms with Gasteiger partial charge in [0.05, 0.1) is 5.54 Å². The van der Waals surface area contributed by atoms with Gasteiger partial charge in [0.1, 0.15) is 0 Å². The van der Waals surface area contributed by atoms with Gasteiger partial charge in [-0.15, -0.1) is 0 Å². The Hall–Kier alpha value is -0.570. The van der Waals surface area contributed by atoms with E-state index >= 15 is 0 Å². The molecule has 1 aliphatic rings. The van der Waals surface area contributed by atoms with E-state index in [4.69, 9.17) is 12.2 Å². The van der Waals surface area contributed by atoms with Gasteiger partial charge in [0.25, 0.3) is 0 Å². The molecule has 3 heteroatoms. The maximum Gasteiger partial charge on any atom is 0.173 e. The molecule has 1 aliphatic heterocycles. The molecule has 1 rings (SSSR count). The van der Waals surface area contributed by atoms with Crippen LogP contribution < -0.4 is 5.32 Å². The number of hydrogen-bond acceptors (Lipinski definition) is 1. The van der Waals surface area contributed by atoms with Gasteiger partial charge in [-0.1, -0.05) is 13.3 Å². The number of hydrogen-bond donors (Lipinski definition) is 1. The monoisotopic (exact) mass is 212 g/mol. The molecule has 0 atom stereocenters. The Morgan fingerprint density at radius 3 is 2.64 bits per heavy atom. The van der Waals surface area contributed by atoms with Crippen LogP contribution in [0.15, 0.2) is 11.8 Å². The van der Waals surface area contributed by atoms with Crippen molar-refractivity contribution in [2.75, 3.05) is 6.54 Å². The molecule has 1 N–H and O–H groups in total. The van der Waals surface area contributed by atoms with E-state index in [2.05, 4.69) is 44.0 Å². The van der Waals surface area contributed by atoms with Crippen molar-refractivity contribution in [3.63, 3.8) is 0 Å². The Labute approximate surface area is 92.4 Å². The summed E-state index contributed by atoms with van der Waals surface area (Å²) in [4.78, 5) is 2.18. The third-order valence-corrected chi connectivity index (χ3v) is 2.73. The normalized spacial score (nSPS) is 20.4. The van der Waals surface area contributed by atoms with Crippen molar-refractivity contribution < 1.29 is 0 Å². The SMILES string of the molecule is CCCCN1C(=S)NC(C)(C)C=C1C. The van der Waals surface area contributed by atoms with E-state index in [1.54, 1.807) is 0 Å². The van der Waals surface area contributed by atoms with E-state index in [1.165, 1.54) is 18.5 Å². The number of nitrogens with one attached hydrogen (secondary N) is 1. The highest BCUT2D eigenvalue weighted by Gasteiger charge is 2.25. The minimum absolute atomic E-state index is 0.00385. The van der Waals surface area contributed by atoms with Crippen molar-refractivity contribution in [3.8, 4) is 0 Å². The summed E-state index contributed by atoms with van der Waals surface area (Å²) < 4.78 is 0. The summed E-state index contributed by atoms with van der Waals surface area (Å²) >= 11 is 5.34. The second kappa shape index (κ2) is 4.30. The Morgan fingerprint density at radius 1 is 1.50 bits per heavy atom. The first-order valence-electron chi connectivity index (χ1n) is 5.25. The van der Waals surface area contributed by atoms with Crippen molar-refractivity contribution in [3.05, 3.63) is 11.8 Å². The van der Waals surface area contributed by atoms with Crippen LogP contribution >= 0.6 is 12.2 Å². The first-order valence-corrected chi connectivity index (χ1v) is 5.66. The summed E-state index contributed by atoms with van der Waals surface area (Å²) in [6.07, 6.45) is 4.63. The molecule has 14 heavy (non-hydrogen) atoms. The summed E-state index contributed by atoms with van der Waals surface area (Å²) in [6.45, 7) is 9.63. The third-order valence-electron chi connectivity index (χ3n) is 2.41. The summed E-state index contributed by atoms with van der Waals surface area (Å²) in [6, 6.07) is 0. The van der Waals surface area contributed by atoms with Crippen LogP contribution in [0.5, 0.6) is 0 Å². The number of nitrogens with zero attached hydrogens (tertiary/aromatic N) is 1. The second-order valence-electron chi connectivity index (χ2n) is 4.44. The van der Waals surface area contributed by atoms with Crippen LogP contribution in [0.25, 0.3) is 0 Å². The van der Waals surface area contributed by atoms with E-state index in [-0.39, 0.29) is 5.54 Å². The van der Waals surface area contributed by atoms with Gasteiger partial charge in [-0.25, -0.2) is 0 Å². The number of rotatable bonds is 3. The van der Waals surface area contributed by atoms with Crippen molar-refractivity contribution in [2.24, 2.45) is 0 Å². The lowest BCUT2D eigenvalue weighted by molar-refractivity contribution is 0.418. The quantitative estimate of drug-likeness (QED) is 0.724. The molecule has 0 aromatic carbocycles. The van der Waals surface area contributed by atoms with Crippen LogP contribution in [0.4, 0.5) is 0 Å². The van der Waals surface area contributed by atoms with Crippen LogP contribution in [0.3, 0.4) is 0 Å². The Bertz CT molecular complexity index is 256. The summed E-state index contributed by atoms with van der Waals surface area (Å²) in [5.74, 6) is 0. The van der Waals surface area contributed by atoms with E-state index in [9.17, 15) is 0 Å². The zero-order valence-corrected chi connectivity index (χ0v) is 10.4. The molecule has 0 bridgehead atoms. The second-order valence-corrected chi connectivity index (χ2v) is 4.83. The highest BCUT2D eigenvalue weighted by Crippen LogP contribution is 2.19. The topological polar surface area (TPSA) is 15.3 Å². The summed E-state index contributed by atoms with van der Waals surface area (Å²) in [7, 11) is 0. The average Bonchev–Trinajstić information content (AvgIpc) is 2.00. The number of thiocarbonyl (C=S) groups is 1. The minimum atomic E-state index is 0.00385. The smallest absolute Gasteiger partial charge is 0.173 e. The Kier molecular flexibility index (Phi) is 3.53. The van der Waals surface area contributed by atoms with E-state index in [0.29, 0.717) is 0 Å². The molecule has 0 radical (unpaired) electrons. The fourth-order valence-electron chi connectivity index (χ4n) is 1.73. The predicted molar refractivity (Wildman–Crippen MR) is 65.2 cm³/mol. The standard InChI is InChI=1S/C11H20N2S/c1-5-6-7-13-9(2)8-11(3,4)12-10(13)14/h8H,5-7H2,1-4H3,(H,12,14). The molecule has 0 spiro atoms. The number of unbranched alkanes of at least 4 members (excludes halogenated alkanes) is 1. The average molecular weight is 212 g/mol. The van der Waals surface area contributed by atoms with E-state index < -0.39 is 0 Å². The lowest BCUT2D eigenvalue weighted by atomic mass is 10.0. The number of allylic oxidation sites excluding steroid dienone is 1. The molecule has 80 valence electrons. The molecular formula is C11H20N2S. The van der Waals surface area contributed by atoms with Crippen molar-refractivity contribution in [1.29, 1.82) is 0 Å². The van der Waals surface area contributed by atoms with Gasteiger partial charge in [-0.2, -0.15) is 0 Å². The largest absolute Gasteiger partial charge is 0.354 e. The predicted octanol–water partition coefficient (Wildman–Crippen LogP) is 2.66. The molecule has 1 heterocycles. The first kappa shape index (κ1) is 11.5. The molecule has 2 nitrogen and oxygen atoms in total. The fraction of sp³-hybridized carbons (Fsp3) is 0.727. The molecule has 0 unspecified atom stereocenters. The molecule has 0 amide bonds. The summed E-state index contributed by atoms with van der Waals surface area (Å²) in [5.41, 5.74) is 1.27. The van der Waals surface area contributed by atoms with E-state index in [1.807, 2.05) is 0 Å². The van der Waals surface area contributed by atoms with Crippen LogP contribution in [0.2, 0.25) is 0 Å². The lowest BCUT2D eigenvalue weighted by Gasteiger charge is -2.38. The molecule has 0 saturated carbocycles. The van der Waals surface area contributed by atoms with Crippen LogP contribution in [-0.2, 0) is 0 Å². The minimum Gasteiger partial charge on any atom is -0.354 e. The zero-order chi connectivity index (χ0) is 10.8. The molecule has 0 aromatic heterocycles. The Balaban J connectivity index is 2.73. The molecule has 0 fully saturated rings. The van der Waals surface area contributed by atoms with Gasteiger partial charge in [0.15, 0.2) is 5.11 Å². The molecule has 0 aromatic rings. The van der Waals surface area contributed by atoms with Gasteiger partial charge in [-0.3, -0.25) is 0 Å². The fourth-order valence-corrected chi connectivity index (χ4v) is 2.23. The highest BCUT2D eigenvalue weighted by atomic mass is 32.1. The van der Waals surface area contributed by atoms with Gasteiger partial charge < -0.3 is 10.2 Å². The molecule has 0 saturated heterocycles. The zero-order valence-electron chi connectivity index (χ0n) is 9.55. The molecule has 0 aliphatic carbocycles. The summed E-state index contributed by atoms with van der Waals surface area (Å²) in [5, 5.41) is 4.19. The first-order chi connectivity index (χ1) is 6.46. The van der Waals surface area contributed by atoms with Crippen molar-refractivity contribution in [2.45, 2.75) is 46.1 Å². The van der Waals surface area contributed by atoms with E-state index in [0.717, 1.165) is 11.7 Å². The van der Waals surface area contributed by atoms with Gasteiger partial charge in [-0.05, 0) is 45.5 Å². The van der Waals surface area contributed by atoms with Crippen LogP contribution in [-0.4, -0.2) is 22.1 Å². The maximum absolute atomic E-state index is 5.34. The molecular weight excluding hydrogens is 192 g/mol. The van der Waals surface area contributed by atoms with Gasteiger partial charge in [0, 0.05) is 12.2 Å². The van der Waals surface area contributed by atoms with Gasteiger partial charge in [0.2, 0.25) is 0 Å². The maximum atomic E-state index is 5.34. The van der Waals surface area contributed by atoms with Crippen LogP contribution in [0.1, 0.15) is 40.5 Å². The Morgan fingerprint density at radius 2 is 2.14 bits per heavy atom. The highest BCUT2D eigenvalue weighted by molar-refractivity contribution is 7.80. The van der Waals surface area contributed by atoms with Crippen molar-refractivity contribution >= 4 is 17.3 Å². The van der Waals surface area contributed by atoms with Crippen molar-refractivity contribution in [1.82, 2.24) is 10.2 Å². The lowest BCUT2D eigenvalue weighted by Crippen LogP contribution is -2.52. The third kappa shape index (κ3) is 2.71.